The summed E-state index contributed by atoms with van der Waals surface area (Å²) in [6.45, 7) is 55.6. The summed E-state index contributed by atoms with van der Waals surface area (Å²) in [7, 11) is 4.87. The predicted molar refractivity (Wildman–Crippen MR) is 421 cm³/mol. The summed E-state index contributed by atoms with van der Waals surface area (Å²) in [5.41, 5.74) is -5.46. The molecule has 0 aliphatic heterocycles. The Morgan fingerprint density at radius 2 is 0.761 bits per heavy atom. The van der Waals surface area contributed by atoms with Crippen LogP contribution in [-0.2, 0) is 51.8 Å². The fourth-order valence-electron chi connectivity index (χ4n) is 13.7. The van der Waals surface area contributed by atoms with E-state index in [1.807, 2.05) is 124 Å². The van der Waals surface area contributed by atoms with E-state index in [-0.39, 0.29) is 63.6 Å². The van der Waals surface area contributed by atoms with Crippen molar-refractivity contribution < 1.29 is 69.4 Å². The first-order valence-electron chi connectivity index (χ1n) is 35.1. The second-order valence-corrected chi connectivity index (χ2v) is 32.8. The van der Waals surface area contributed by atoms with E-state index < -0.39 is 90.1 Å². The molecule has 3 aromatic heterocycles. The van der Waals surface area contributed by atoms with Crippen molar-refractivity contribution in [3.8, 4) is 17.2 Å². The van der Waals surface area contributed by atoms with E-state index in [2.05, 4.69) is 41.4 Å². The van der Waals surface area contributed by atoms with Crippen LogP contribution in [-0.4, -0.2) is 92.0 Å². The number of alkyl halides is 9. The second kappa shape index (κ2) is 33.7. The SMILES string of the molecule is C.CNc1ccccc1.[C-]#[N+]c1c(CC(O)(CC(C)(C)c2cc(C(C)(C)C)ccc2O)C(F)(F)F)[nH]c2ccccc12.[C-]#[N+]c1c(CC(O)(CC(C)(C)c2cc(C(C)(C)C)ccc2OC)C(F)(F)F)[nH]c(C=C)c1C.[C-]#[N+]c1c(CC(O)(CC(C)(C)c2cc(C(C)(C)C)ccc2OC)C(F)(F)F)[nH]c2ccccc12. The lowest BCUT2D eigenvalue weighted by Gasteiger charge is -2.39. The molecule has 3 unspecified atom stereocenters. The molecule has 22 heteroatoms. The average molecular weight is 1520 g/mol. The number of aliphatic hydroxyl groups is 3. The van der Waals surface area contributed by atoms with Crippen molar-refractivity contribution in [2.45, 2.75) is 225 Å². The smallest absolute Gasteiger partial charge is 0.417 e. The summed E-state index contributed by atoms with van der Waals surface area (Å²) >= 11 is 0. The topological polar surface area (TPSA) is 172 Å². The molecular formula is C87H106F9N7O6. The lowest BCUT2D eigenvalue weighted by atomic mass is 9.71. The van der Waals surface area contributed by atoms with Crippen LogP contribution in [0.2, 0.25) is 0 Å². The number of halogens is 9. The molecule has 0 saturated heterocycles. The molecule has 0 radical (unpaired) electrons. The number of phenols is 1. The lowest BCUT2D eigenvalue weighted by Crippen LogP contribution is -2.51. The summed E-state index contributed by atoms with van der Waals surface area (Å²) in [5.74, 6) is 0.809. The van der Waals surface area contributed by atoms with Crippen LogP contribution in [0.25, 0.3) is 42.4 Å². The minimum Gasteiger partial charge on any atom is -0.508 e. The lowest BCUT2D eigenvalue weighted by molar-refractivity contribution is -0.266. The quantitative estimate of drug-likeness (QED) is 0.0294. The van der Waals surface area contributed by atoms with Gasteiger partial charge in [-0.1, -0.05) is 209 Å². The standard InChI is InChI=1S/C27H31F3N2O2.C26H29F3N2O2.C26H33F3N2O2.C7H9N.CH4/c1-24(2,3)17-12-13-22(34-7)19(14-17)25(4,5)16-26(33,27(28,29)30)15-21-23(31-6)18-10-8-9-11-20(18)32-21;1-23(2,3)16-11-12-21(32)18(13-16)24(4,5)15-25(33,26(27,28)29)14-20-22(30-6)17-9-7-8-10-19(17)31-20;1-10-19-16(2)22(30-8)20(31-19)14-25(32,26(27,28)29)15-24(6,7)18-13-17(23(3,4)5)11-12-21(18)33-9;1-8-7-5-3-2-4-6-7;/h8-14,32-33H,15-16H2,1-5,7H3;7-13,31-33H,14-15H2,1-5H3;10-13,31-32H,1,14-15H2,2-7,9H3;2-6,8H,1H3;1H4. The Morgan fingerprint density at radius 1 is 0.450 bits per heavy atom. The molecule has 9 aromatic rings. The summed E-state index contributed by atoms with van der Waals surface area (Å²) < 4.78 is 140. The zero-order valence-corrected chi connectivity index (χ0v) is 65.1. The number of hydrogen-bond donors (Lipinski definition) is 8. The summed E-state index contributed by atoms with van der Waals surface area (Å²) in [5, 5.41) is 47.8. The number of hydrogen-bond acceptors (Lipinski definition) is 7. The Balaban J connectivity index is 0.000000276. The number of methoxy groups -OCH3 is 2. The molecule has 8 N–H and O–H groups in total. The summed E-state index contributed by atoms with van der Waals surface area (Å²) in [4.78, 5) is 18.9. The number of aromatic amines is 3. The van der Waals surface area contributed by atoms with Crippen LogP contribution in [0, 0.1) is 26.6 Å². The number of nitrogens with one attached hydrogen (secondary N) is 4. The maximum absolute atomic E-state index is 14.4. The predicted octanol–water partition coefficient (Wildman–Crippen LogP) is 23.5. The number of benzene rings is 6. The maximum atomic E-state index is 14.4. The number of aromatic nitrogens is 3. The van der Waals surface area contributed by atoms with Gasteiger partial charge in [0.25, 0.3) is 0 Å². The van der Waals surface area contributed by atoms with Gasteiger partial charge in [0.05, 0.1) is 33.9 Å². The highest BCUT2D eigenvalue weighted by atomic mass is 19.4. The molecule has 13 nitrogen and oxygen atoms in total. The van der Waals surface area contributed by atoms with E-state index in [1.165, 1.54) is 26.4 Å². The number of ether oxygens (including phenoxy) is 2. The van der Waals surface area contributed by atoms with Gasteiger partial charge in [-0.3, -0.25) is 0 Å². The minimum atomic E-state index is -4.96. The summed E-state index contributed by atoms with van der Waals surface area (Å²) in [6.07, 6.45) is -17.6. The van der Waals surface area contributed by atoms with Crippen molar-refractivity contribution in [3.63, 3.8) is 0 Å². The molecule has 0 fully saturated rings. The Labute approximate surface area is 636 Å². The number of para-hydroxylation sites is 3. The number of nitrogens with zero attached hydrogens (tertiary/aromatic N) is 3. The summed E-state index contributed by atoms with van der Waals surface area (Å²) in [6, 6.07) is 39.7. The Morgan fingerprint density at radius 3 is 1.06 bits per heavy atom. The highest BCUT2D eigenvalue weighted by Gasteiger charge is 2.59. The average Bonchev–Trinajstić information content (AvgIpc) is 1.43. The first-order chi connectivity index (χ1) is 49.6. The number of fused-ring (bicyclic) bond motifs is 2. The van der Waals surface area contributed by atoms with Crippen molar-refractivity contribution in [1.82, 2.24) is 15.0 Å². The zero-order valence-electron chi connectivity index (χ0n) is 65.1. The van der Waals surface area contributed by atoms with Crippen LogP contribution in [0.3, 0.4) is 0 Å². The normalized spacial score (nSPS) is 14.1. The third-order valence-corrected chi connectivity index (χ3v) is 19.8. The fourth-order valence-corrected chi connectivity index (χ4v) is 13.7. The molecule has 9 rings (SSSR count). The van der Waals surface area contributed by atoms with Gasteiger partial charge in [-0.25, -0.2) is 14.5 Å². The number of aromatic hydroxyl groups is 1. The van der Waals surface area contributed by atoms with E-state index in [1.54, 1.807) is 121 Å². The van der Waals surface area contributed by atoms with E-state index in [0.717, 1.165) is 22.4 Å². The van der Waals surface area contributed by atoms with Crippen molar-refractivity contribution in [2.24, 2.45) is 0 Å². The van der Waals surface area contributed by atoms with Gasteiger partial charge in [-0.15, -0.1) is 0 Å². The monoisotopic (exact) mass is 1520 g/mol. The zero-order chi connectivity index (χ0) is 81.6. The van der Waals surface area contributed by atoms with E-state index in [4.69, 9.17) is 29.2 Å². The van der Waals surface area contributed by atoms with Crippen molar-refractivity contribution >= 4 is 50.6 Å². The molecule has 0 amide bonds. The Bertz CT molecular complexity index is 4750. The van der Waals surface area contributed by atoms with Gasteiger partial charge in [0.1, 0.15) is 17.2 Å². The fraction of sp³-hybridized carbons (Fsp3) is 0.437. The van der Waals surface area contributed by atoms with Crippen molar-refractivity contribution in [1.29, 1.82) is 0 Å². The van der Waals surface area contributed by atoms with Crippen LogP contribution in [0.1, 0.15) is 192 Å². The van der Waals surface area contributed by atoms with Crippen molar-refractivity contribution in [2.75, 3.05) is 26.6 Å². The second-order valence-electron chi connectivity index (χ2n) is 32.8. The van der Waals surface area contributed by atoms with Crippen LogP contribution in [0.5, 0.6) is 17.2 Å². The van der Waals surface area contributed by atoms with Gasteiger partial charge in [0, 0.05) is 87.7 Å². The van der Waals surface area contributed by atoms with E-state index in [9.17, 15) is 59.9 Å². The maximum Gasteiger partial charge on any atom is 0.417 e. The van der Waals surface area contributed by atoms with Gasteiger partial charge >= 0.3 is 18.5 Å². The third-order valence-electron chi connectivity index (χ3n) is 19.8. The molecule has 0 aliphatic rings. The Hall–Kier alpha value is -9.66. The third kappa shape index (κ3) is 20.8. The molecule has 0 spiro atoms. The van der Waals surface area contributed by atoms with Crippen LogP contribution in [0.15, 0.2) is 140 Å². The van der Waals surface area contributed by atoms with Gasteiger partial charge in [-0.05, 0) is 135 Å². The highest BCUT2D eigenvalue weighted by Crippen LogP contribution is 2.51. The first-order valence-corrected chi connectivity index (χ1v) is 35.1. The largest absolute Gasteiger partial charge is 0.508 e. The van der Waals surface area contributed by atoms with Crippen LogP contribution < -0.4 is 14.8 Å². The van der Waals surface area contributed by atoms with E-state index >= 15 is 0 Å². The number of rotatable bonds is 19. The molecule has 0 bridgehead atoms. The number of phenolic OH excluding ortho intramolecular Hbond substituents is 1. The number of H-pyrrole nitrogens is 3. The van der Waals surface area contributed by atoms with Crippen LogP contribution in [0.4, 0.5) is 62.3 Å². The van der Waals surface area contributed by atoms with Crippen molar-refractivity contribution in [3.05, 3.63) is 236 Å². The molecular weight excluding hydrogens is 1410 g/mol. The molecule has 0 aliphatic carbocycles. The minimum absolute atomic E-state index is 0. The molecule has 109 heavy (non-hydrogen) atoms. The van der Waals surface area contributed by atoms with Gasteiger partial charge in [0.2, 0.25) is 17.1 Å². The first kappa shape index (κ1) is 90.0. The van der Waals surface area contributed by atoms with Gasteiger partial charge in [0.15, 0.2) is 16.8 Å². The number of anilines is 1. The van der Waals surface area contributed by atoms with Gasteiger partial charge < -0.3 is 50.2 Å². The molecule has 3 heterocycles. The molecule has 0 saturated carbocycles. The van der Waals surface area contributed by atoms with Gasteiger partial charge in [-0.2, -0.15) is 39.5 Å². The highest BCUT2D eigenvalue weighted by molar-refractivity contribution is 5.96. The molecule has 3 atom stereocenters. The van der Waals surface area contributed by atoms with Crippen LogP contribution >= 0.6 is 0 Å². The Kier molecular flexibility index (Phi) is 27.8. The molecule has 588 valence electrons. The van der Waals surface area contributed by atoms with E-state index in [0.29, 0.717) is 61.3 Å². The molecule has 6 aromatic carbocycles.